The van der Waals surface area contributed by atoms with Crippen molar-refractivity contribution in [2.45, 2.75) is 111 Å². The molecule has 9 nitrogen and oxygen atoms in total. The van der Waals surface area contributed by atoms with E-state index >= 15 is 0 Å². The van der Waals surface area contributed by atoms with Crippen molar-refractivity contribution < 1.29 is 23.7 Å². The van der Waals surface area contributed by atoms with E-state index in [2.05, 4.69) is 111 Å². The van der Waals surface area contributed by atoms with Crippen molar-refractivity contribution >= 4 is 44.1 Å². The van der Waals surface area contributed by atoms with Gasteiger partial charge in [-0.3, -0.25) is 0 Å². The molecule has 4 aromatic carbocycles. The molecule has 3 aromatic heterocycles. The summed E-state index contributed by atoms with van der Waals surface area (Å²) in [7, 11) is 0. The monoisotopic (exact) mass is 800 g/mol. The molecule has 0 spiro atoms. The zero-order valence-corrected chi connectivity index (χ0v) is 38.0. The number of benzene rings is 4. The average molecular weight is 801 g/mol. The Morgan fingerprint density at radius 3 is 0.621 bits per heavy atom. The van der Waals surface area contributed by atoms with Crippen molar-refractivity contribution in [1.29, 1.82) is 0 Å². The molecule has 0 saturated carbocycles. The van der Waals surface area contributed by atoms with E-state index in [0.29, 0.717) is 45.9 Å². The average Bonchev–Trinajstić information content (AvgIpc) is 3.96. The second kappa shape index (κ2) is 13.7. The van der Waals surface area contributed by atoms with Gasteiger partial charge in [-0.2, -0.15) is 0 Å². The topological polar surface area (TPSA) is 123 Å². The Hall–Kier alpha value is -5.25. The third-order valence-electron chi connectivity index (χ3n) is 14.2. The number of aryl methyl sites for hydroxylation is 4. The normalized spacial score (nSPS) is 12.0. The summed E-state index contributed by atoms with van der Waals surface area (Å²) < 4.78 is 8.25. The van der Waals surface area contributed by atoms with Gasteiger partial charge in [0.1, 0.15) is 0 Å². The molecule has 2 aliphatic heterocycles. The fourth-order valence-corrected chi connectivity index (χ4v) is 9.38. The first-order chi connectivity index (χ1) is 27.4. The summed E-state index contributed by atoms with van der Waals surface area (Å²) in [5, 5.41) is 3.97. The van der Waals surface area contributed by atoms with E-state index in [1.54, 1.807) is 0 Å². The quantitative estimate of drug-likeness (QED) is 0.138. The van der Waals surface area contributed by atoms with Crippen LogP contribution in [0.1, 0.15) is 89.0 Å². The fraction of sp³-hybridized carbons (Fsp3) is 0.333. The second-order valence-electron chi connectivity index (χ2n) is 16.5. The van der Waals surface area contributed by atoms with E-state index in [-0.39, 0.29) is 0 Å². The van der Waals surface area contributed by atoms with E-state index in [0.717, 1.165) is 109 Å². The van der Waals surface area contributed by atoms with Crippen LogP contribution >= 0.6 is 0 Å². The van der Waals surface area contributed by atoms with Crippen LogP contribution in [0, 0.1) is 111 Å². The molecule has 0 fully saturated rings. The van der Waals surface area contributed by atoms with Crippen LogP contribution in [-0.2, 0) is 23.7 Å². The first kappa shape index (κ1) is 39.6. The summed E-state index contributed by atoms with van der Waals surface area (Å²) in [4.78, 5) is 42.8. The number of aromatic nitrogens is 8. The van der Waals surface area contributed by atoms with Crippen molar-refractivity contribution in [2.24, 2.45) is 0 Å². The van der Waals surface area contributed by atoms with Crippen LogP contribution in [0.3, 0.4) is 0 Å². The van der Waals surface area contributed by atoms with E-state index in [1.807, 2.05) is 0 Å². The van der Waals surface area contributed by atoms with Crippen molar-refractivity contribution in [2.75, 3.05) is 0 Å². The van der Waals surface area contributed by atoms with Crippen molar-refractivity contribution in [3.05, 3.63) is 89.0 Å². The van der Waals surface area contributed by atoms with Gasteiger partial charge in [0.15, 0.2) is 0 Å². The molecule has 58 heavy (non-hydrogen) atoms. The van der Waals surface area contributed by atoms with E-state index < -0.39 is 0 Å². The van der Waals surface area contributed by atoms with Gasteiger partial charge in [-0.15, -0.1) is 0 Å². The standard InChI is InChI=1S/C48H48N8.O.Ti/c1-17-18(2)26(10)34-33(25(17)9)41-49-42(34)54-44-37-29(13)21(5)22(6)30(14)38(37)46(51-44)56-48-40-32(16)24(8)23(7)31(15)39(40)47(52-48)55-45-36-28(12)20(4)19(3)27(11)35(36)43(50-45)53-41;;/h1-16H3;;/q-2;;+2. The number of fused-ring (bicyclic) bond motifs is 20. The molecule has 2 aliphatic rings. The Balaban J connectivity index is 0.00000231. The Kier molecular flexibility index (Phi) is 9.33. The van der Waals surface area contributed by atoms with Crippen LogP contribution in [0.4, 0.5) is 0 Å². The van der Waals surface area contributed by atoms with Gasteiger partial charge >= 0.3 is 23.7 Å². The van der Waals surface area contributed by atoms with Gasteiger partial charge in [0.25, 0.3) is 0 Å². The van der Waals surface area contributed by atoms with Crippen molar-refractivity contribution in [3.8, 4) is 45.6 Å². The van der Waals surface area contributed by atoms with Crippen LogP contribution in [0.15, 0.2) is 0 Å². The number of rotatable bonds is 0. The molecular weight excluding hydrogens is 752 g/mol. The number of hydrogen-bond donors (Lipinski definition) is 0. The third kappa shape index (κ3) is 5.25. The van der Waals surface area contributed by atoms with Gasteiger partial charge in [-0.05, 0) is 221 Å². The number of nitrogens with zero attached hydrogens (tertiary/aromatic N) is 8. The van der Waals surface area contributed by atoms with Crippen LogP contribution < -0.4 is 9.97 Å². The first-order valence-corrected chi connectivity index (χ1v) is 20.4. The molecule has 0 saturated heterocycles. The van der Waals surface area contributed by atoms with Gasteiger partial charge in [0.2, 0.25) is 0 Å². The third-order valence-corrected chi connectivity index (χ3v) is 14.2. The number of hydrogen-bond acceptors (Lipinski definition) is 7. The van der Waals surface area contributed by atoms with E-state index in [9.17, 15) is 0 Å². The first-order valence-electron chi connectivity index (χ1n) is 19.8. The van der Waals surface area contributed by atoms with Gasteiger partial charge in [-0.25, -0.2) is 9.97 Å². The minimum absolute atomic E-state index is 0.605. The van der Waals surface area contributed by atoms with Gasteiger partial charge in [0, 0.05) is 44.8 Å². The molecule has 0 N–H and O–H groups in total. The summed E-state index contributed by atoms with van der Waals surface area (Å²) in [6.45, 7) is 34.8. The van der Waals surface area contributed by atoms with Gasteiger partial charge in [-0.1, -0.05) is 0 Å². The fourth-order valence-electron chi connectivity index (χ4n) is 9.38. The van der Waals surface area contributed by atoms with E-state index in [1.165, 1.54) is 44.5 Å². The predicted molar refractivity (Wildman–Crippen MR) is 230 cm³/mol. The summed E-state index contributed by atoms with van der Waals surface area (Å²) in [5.41, 5.74) is 25.3. The molecule has 5 heterocycles. The van der Waals surface area contributed by atoms with Gasteiger partial charge < -0.3 is 29.9 Å². The molecular formula is C48H48N8OTi. The molecule has 10 heteroatoms. The Morgan fingerprint density at radius 1 is 0.259 bits per heavy atom. The summed E-state index contributed by atoms with van der Waals surface area (Å²) in [6, 6.07) is 0. The maximum absolute atomic E-state index is 8.25. The summed E-state index contributed by atoms with van der Waals surface area (Å²) >= 11 is 0.750. The zero-order valence-electron chi connectivity index (χ0n) is 36.5. The molecule has 0 aliphatic carbocycles. The molecule has 9 rings (SSSR count). The van der Waals surface area contributed by atoms with Gasteiger partial charge in [0.05, 0.1) is 23.3 Å². The Morgan fingerprint density at radius 2 is 0.431 bits per heavy atom. The molecule has 0 radical (unpaired) electrons. The molecule has 8 bridgehead atoms. The van der Waals surface area contributed by atoms with E-state index in [4.69, 9.17) is 43.2 Å². The van der Waals surface area contributed by atoms with Crippen LogP contribution in [0.25, 0.3) is 89.7 Å². The predicted octanol–water partition coefficient (Wildman–Crippen LogP) is 10.9. The Labute approximate surface area is 351 Å². The summed E-state index contributed by atoms with van der Waals surface area (Å²) in [5.74, 6) is 2.42. The maximum atomic E-state index is 8.25. The molecule has 0 atom stereocenters. The minimum atomic E-state index is 0.605. The SMILES string of the molecule is Cc1c(C)c(C)c2c(c1C)-c1nc-2nc2[n-]c(nc3nc(nc4[n-]c(n1)c1c(C)c(C)c(C)c(C)c41)-c1c(C)c(C)c(C)c(C)c1-3)c1c(C)c(C)c(C)c(C)c21.[O]=[Ti+2]. The van der Waals surface area contributed by atoms with Crippen LogP contribution in [-0.4, -0.2) is 29.9 Å². The van der Waals surface area contributed by atoms with Crippen molar-refractivity contribution in [1.82, 2.24) is 39.9 Å². The molecule has 7 aromatic rings. The molecule has 0 amide bonds. The van der Waals surface area contributed by atoms with Crippen LogP contribution in [0.5, 0.6) is 0 Å². The van der Waals surface area contributed by atoms with Crippen LogP contribution in [0.2, 0.25) is 0 Å². The Bertz CT molecular complexity index is 2810. The molecule has 290 valence electrons. The second-order valence-corrected chi connectivity index (χ2v) is 16.5. The zero-order chi connectivity index (χ0) is 42.1. The molecule has 0 unspecified atom stereocenters. The van der Waals surface area contributed by atoms with Crippen molar-refractivity contribution in [3.63, 3.8) is 0 Å². The summed E-state index contributed by atoms with van der Waals surface area (Å²) in [6.07, 6.45) is 0.